The first-order valence-corrected chi connectivity index (χ1v) is 20.3. The van der Waals surface area contributed by atoms with Crippen molar-refractivity contribution in [2.45, 2.75) is 83.1 Å². The molecule has 0 aliphatic heterocycles. The fourth-order valence-electron chi connectivity index (χ4n) is 7.31. The molecule has 7 nitrogen and oxygen atoms in total. The number of hydrogen-bond acceptors (Lipinski definition) is 7. The van der Waals surface area contributed by atoms with Crippen molar-refractivity contribution in [1.82, 2.24) is 0 Å². The second-order valence-electron chi connectivity index (χ2n) is 15.2. The molecule has 0 aromatic heterocycles. The lowest BCUT2D eigenvalue weighted by molar-refractivity contribution is 0.297. The molecule has 53 heavy (non-hydrogen) atoms. The van der Waals surface area contributed by atoms with Gasteiger partial charge in [-0.2, -0.15) is 4.57 Å². The Morgan fingerprint density at radius 2 is 0.642 bits per heavy atom. The van der Waals surface area contributed by atoms with E-state index in [1.165, 1.54) is 16.7 Å². The highest BCUT2D eigenvalue weighted by Gasteiger charge is 2.34. The Balaban J connectivity index is 2.22. The second kappa shape index (κ2) is 19.3. The van der Waals surface area contributed by atoms with Gasteiger partial charge in [-0.25, -0.2) is 0 Å². The highest BCUT2D eigenvalue weighted by molar-refractivity contribution is 7.49. The summed E-state index contributed by atoms with van der Waals surface area (Å²) in [6.07, 6.45) is 0. The highest BCUT2D eigenvalue weighted by atomic mass is 31.2. The van der Waals surface area contributed by atoms with Crippen molar-refractivity contribution in [3.63, 3.8) is 0 Å². The van der Waals surface area contributed by atoms with Gasteiger partial charge >= 0.3 is 7.82 Å². The zero-order chi connectivity index (χ0) is 39.6. The first-order chi connectivity index (χ1) is 25.0. The van der Waals surface area contributed by atoms with Crippen LogP contribution in [0.1, 0.15) is 99.8 Å². The Morgan fingerprint density at radius 1 is 0.415 bits per heavy atom. The number of rotatable bonds is 18. The van der Waals surface area contributed by atoms with Crippen molar-refractivity contribution in [3.05, 3.63) is 106 Å². The first kappa shape index (κ1) is 43.3. The van der Waals surface area contributed by atoms with Crippen molar-refractivity contribution < 1.29 is 32.3 Å². The molecule has 0 atom stereocenters. The zero-order valence-electron chi connectivity index (χ0n) is 34.7. The maximum atomic E-state index is 15.0. The summed E-state index contributed by atoms with van der Waals surface area (Å²) in [4.78, 5) is 0. The molecule has 0 radical (unpaired) electrons. The number of hydrogen-bond donors (Lipinski definition) is 0. The number of benzene rings is 3. The minimum Gasteiger partial charge on any atom is -0.496 e. The van der Waals surface area contributed by atoms with Crippen LogP contribution in [-0.2, 0) is 18.8 Å². The van der Waals surface area contributed by atoms with E-state index in [-0.39, 0.29) is 35.5 Å². The van der Waals surface area contributed by atoms with E-state index in [0.717, 1.165) is 34.0 Å². The van der Waals surface area contributed by atoms with Crippen LogP contribution < -0.4 is 13.6 Å². The standard InChI is InChI=1S/C45H63O7P/c1-28(2)40(29(3)4)43(47-13)34-19-16-22-37(25-34)50-53(46,51-38-23-17-20-35(26-38)44(48-14)41(30(5)6)31(7)8)52-39-24-18-21-36(27-39)45(49-15)42(32(9)10)33(11)12/h16-33H,1-15H3. The fraction of sp³-hybridized carbons (Fsp3) is 0.467. The molecular formula is C45H63O7P. The highest BCUT2D eigenvalue weighted by Crippen LogP contribution is 2.51. The molecular weight excluding hydrogens is 683 g/mol. The third kappa shape index (κ3) is 11.2. The minimum absolute atomic E-state index is 0.253. The largest absolute Gasteiger partial charge is 0.647 e. The maximum absolute atomic E-state index is 15.0. The summed E-state index contributed by atoms with van der Waals surface area (Å²) >= 11 is 0. The van der Waals surface area contributed by atoms with Gasteiger partial charge in [-0.1, -0.05) is 119 Å². The molecule has 0 unspecified atom stereocenters. The van der Waals surface area contributed by atoms with Gasteiger partial charge in [0.1, 0.15) is 34.5 Å². The van der Waals surface area contributed by atoms with Gasteiger partial charge in [-0.15, -0.1) is 0 Å². The van der Waals surface area contributed by atoms with Gasteiger partial charge in [0.15, 0.2) is 0 Å². The summed E-state index contributed by atoms with van der Waals surface area (Å²) in [6, 6.07) is 22.0. The normalized spacial score (nSPS) is 11.6. The van der Waals surface area contributed by atoms with E-state index in [1.807, 2.05) is 54.6 Å². The van der Waals surface area contributed by atoms with E-state index >= 15 is 4.57 Å². The van der Waals surface area contributed by atoms with E-state index in [9.17, 15) is 0 Å². The number of ether oxygens (including phenoxy) is 3. The van der Waals surface area contributed by atoms with Crippen LogP contribution in [0.3, 0.4) is 0 Å². The van der Waals surface area contributed by atoms with Gasteiger partial charge in [0.2, 0.25) is 0 Å². The molecule has 0 N–H and O–H groups in total. The Bertz CT molecular complexity index is 1570. The van der Waals surface area contributed by atoms with Crippen LogP contribution in [-0.4, -0.2) is 21.3 Å². The molecule has 0 aliphatic rings. The number of phosphoric ester groups is 1. The van der Waals surface area contributed by atoms with Gasteiger partial charge in [0.05, 0.1) is 21.3 Å². The third-order valence-corrected chi connectivity index (χ3v) is 10.4. The average Bonchev–Trinajstić information content (AvgIpc) is 3.07. The summed E-state index contributed by atoms with van der Waals surface area (Å²) in [7, 11) is 0.595. The van der Waals surface area contributed by atoms with E-state index < -0.39 is 7.82 Å². The monoisotopic (exact) mass is 746 g/mol. The molecule has 0 fully saturated rings. The fourth-order valence-corrected chi connectivity index (χ4v) is 8.53. The van der Waals surface area contributed by atoms with Crippen LogP contribution in [0.25, 0.3) is 17.3 Å². The smallest absolute Gasteiger partial charge is 0.496 e. The van der Waals surface area contributed by atoms with Crippen LogP contribution in [0.5, 0.6) is 17.2 Å². The van der Waals surface area contributed by atoms with E-state index in [1.54, 1.807) is 39.5 Å². The molecule has 0 saturated heterocycles. The lowest BCUT2D eigenvalue weighted by atomic mass is 9.89. The summed E-state index contributed by atoms with van der Waals surface area (Å²) in [5, 5.41) is 0. The Hall–Kier alpha value is -4.09. The lowest BCUT2D eigenvalue weighted by Crippen LogP contribution is -2.10. The predicted molar refractivity (Wildman–Crippen MR) is 220 cm³/mol. The van der Waals surface area contributed by atoms with Gasteiger partial charge in [-0.05, 0) is 88.6 Å². The van der Waals surface area contributed by atoms with Crippen LogP contribution >= 0.6 is 7.82 Å². The van der Waals surface area contributed by atoms with Crippen molar-refractivity contribution in [2.75, 3.05) is 21.3 Å². The van der Waals surface area contributed by atoms with Crippen LogP contribution in [0.2, 0.25) is 0 Å². The van der Waals surface area contributed by atoms with Crippen LogP contribution in [0.4, 0.5) is 0 Å². The number of methoxy groups -OCH3 is 3. The summed E-state index contributed by atoms with van der Waals surface area (Å²) in [5.41, 5.74) is 5.90. The molecule has 0 saturated carbocycles. The third-order valence-electron chi connectivity index (χ3n) is 9.07. The predicted octanol–water partition coefficient (Wildman–Crippen LogP) is 13.3. The minimum atomic E-state index is -4.42. The lowest BCUT2D eigenvalue weighted by Gasteiger charge is -2.23. The molecule has 3 aromatic rings. The Kier molecular flexibility index (Phi) is 15.8. The summed E-state index contributed by atoms with van der Waals surface area (Å²) in [5.74, 6) is 4.70. The molecule has 0 spiro atoms. The van der Waals surface area contributed by atoms with Crippen LogP contribution in [0, 0.1) is 35.5 Å². The molecule has 0 aliphatic carbocycles. The molecule has 0 heterocycles. The van der Waals surface area contributed by atoms with Crippen molar-refractivity contribution >= 4 is 25.1 Å². The topological polar surface area (TPSA) is 72.5 Å². The maximum Gasteiger partial charge on any atom is 0.647 e. The molecule has 3 rings (SSSR count). The molecule has 0 bridgehead atoms. The van der Waals surface area contributed by atoms with E-state index in [0.29, 0.717) is 17.2 Å². The van der Waals surface area contributed by atoms with Gasteiger partial charge in [0, 0.05) is 16.7 Å². The van der Waals surface area contributed by atoms with Crippen molar-refractivity contribution in [1.29, 1.82) is 0 Å². The number of allylic oxidation sites excluding steroid dienone is 3. The first-order valence-electron chi connectivity index (χ1n) is 18.8. The van der Waals surface area contributed by atoms with Crippen LogP contribution in [0.15, 0.2) is 89.5 Å². The second-order valence-corrected chi connectivity index (χ2v) is 16.6. The Morgan fingerprint density at radius 3 is 0.830 bits per heavy atom. The van der Waals surface area contributed by atoms with Crippen molar-refractivity contribution in [3.8, 4) is 17.2 Å². The van der Waals surface area contributed by atoms with Crippen molar-refractivity contribution in [2.24, 2.45) is 35.5 Å². The van der Waals surface area contributed by atoms with E-state index in [4.69, 9.17) is 27.8 Å². The molecule has 3 aromatic carbocycles. The molecule has 0 amide bonds. The van der Waals surface area contributed by atoms with E-state index in [2.05, 4.69) is 83.1 Å². The quantitative estimate of drug-likeness (QED) is 0.0948. The summed E-state index contributed by atoms with van der Waals surface area (Å²) in [6.45, 7) is 25.8. The average molecular weight is 747 g/mol. The van der Waals surface area contributed by atoms with Gasteiger partial charge < -0.3 is 27.8 Å². The Labute approximate surface area is 320 Å². The van der Waals surface area contributed by atoms with Gasteiger partial charge in [-0.3, -0.25) is 0 Å². The zero-order valence-corrected chi connectivity index (χ0v) is 35.6. The summed E-state index contributed by atoms with van der Waals surface area (Å²) < 4.78 is 51.8. The number of phosphoric acid groups is 1. The van der Waals surface area contributed by atoms with Gasteiger partial charge in [0.25, 0.3) is 0 Å². The SMILES string of the molecule is COC(=C(C(C)C)C(C)C)c1cccc(OP(=O)(Oc2cccc(C(OC)=C(C(C)C)C(C)C)c2)Oc2cccc(C(OC)=C(C(C)C)C(C)C)c2)c1. The molecule has 290 valence electrons. The molecule has 8 heteroatoms.